The van der Waals surface area contributed by atoms with Gasteiger partial charge in [-0.1, -0.05) is 12.1 Å². The Kier molecular flexibility index (Phi) is 4.03. The maximum absolute atomic E-state index is 13.1. The highest BCUT2D eigenvalue weighted by atomic mass is 32.2. The van der Waals surface area contributed by atoms with Crippen molar-refractivity contribution in [2.45, 2.75) is 43.0 Å². The molecule has 0 radical (unpaired) electrons. The molecule has 22 heavy (non-hydrogen) atoms. The Morgan fingerprint density at radius 2 is 1.73 bits per heavy atom. The number of carbonyl (C=O) groups is 1. The molecule has 2 N–H and O–H groups in total. The second-order valence-electron chi connectivity index (χ2n) is 5.80. The molecule has 1 saturated carbocycles. The molecule has 0 spiro atoms. The van der Waals surface area contributed by atoms with Gasteiger partial charge in [-0.3, -0.25) is 4.79 Å². The van der Waals surface area contributed by atoms with Crippen molar-refractivity contribution in [1.29, 1.82) is 0 Å². The van der Waals surface area contributed by atoms with Crippen molar-refractivity contribution in [2.24, 2.45) is 5.92 Å². The number of carboxylic acids is 1. The lowest BCUT2D eigenvalue weighted by molar-refractivity contribution is -0.144. The summed E-state index contributed by atoms with van der Waals surface area (Å²) in [6, 6.07) is 4.13. The maximum atomic E-state index is 13.1. The molecule has 2 rings (SSSR count). The van der Waals surface area contributed by atoms with E-state index in [4.69, 9.17) is 0 Å². The van der Waals surface area contributed by atoms with E-state index in [-0.39, 0.29) is 16.4 Å². The molecule has 122 valence electrons. The number of hydrogen-bond acceptors (Lipinski definition) is 3. The standard InChI is InChI=1S/C14H17F2NO4S/c1-13(12(18)19,9-3-4-9)17-22(20,21)11-7-5-10(6-8-11)14(2,15)16/h5-9,17H,3-4H2,1-2H3,(H,18,19). The first kappa shape index (κ1) is 16.8. The molecule has 1 aromatic rings. The average molecular weight is 333 g/mol. The van der Waals surface area contributed by atoms with Gasteiger partial charge in [0.25, 0.3) is 5.92 Å². The molecule has 0 aromatic heterocycles. The van der Waals surface area contributed by atoms with Crippen molar-refractivity contribution >= 4 is 16.0 Å². The van der Waals surface area contributed by atoms with Crippen molar-refractivity contribution in [3.05, 3.63) is 29.8 Å². The summed E-state index contributed by atoms with van der Waals surface area (Å²) in [7, 11) is -4.11. The Morgan fingerprint density at radius 1 is 1.23 bits per heavy atom. The van der Waals surface area contributed by atoms with Crippen molar-refractivity contribution < 1.29 is 27.1 Å². The minimum absolute atomic E-state index is 0.242. The molecule has 1 aliphatic rings. The van der Waals surface area contributed by atoms with E-state index in [9.17, 15) is 27.1 Å². The summed E-state index contributed by atoms with van der Waals surface area (Å²) in [6.45, 7) is 2.03. The van der Waals surface area contributed by atoms with Crippen LogP contribution in [-0.4, -0.2) is 25.0 Å². The van der Waals surface area contributed by atoms with Gasteiger partial charge in [0.05, 0.1) is 4.90 Å². The summed E-state index contributed by atoms with van der Waals surface area (Å²) >= 11 is 0. The van der Waals surface area contributed by atoms with Crippen LogP contribution >= 0.6 is 0 Å². The molecule has 1 unspecified atom stereocenters. The van der Waals surface area contributed by atoms with Crippen LogP contribution < -0.4 is 4.72 Å². The van der Waals surface area contributed by atoms with E-state index in [1.54, 1.807) is 0 Å². The molecule has 5 nitrogen and oxygen atoms in total. The van der Waals surface area contributed by atoms with E-state index < -0.39 is 27.5 Å². The average Bonchev–Trinajstić information content (AvgIpc) is 3.21. The van der Waals surface area contributed by atoms with Gasteiger partial charge in [-0.15, -0.1) is 0 Å². The van der Waals surface area contributed by atoms with E-state index >= 15 is 0 Å². The maximum Gasteiger partial charge on any atom is 0.324 e. The minimum Gasteiger partial charge on any atom is -0.480 e. The number of benzene rings is 1. The third-order valence-electron chi connectivity index (χ3n) is 3.86. The molecule has 0 heterocycles. The Labute approximate surface area is 127 Å². The second kappa shape index (κ2) is 5.27. The van der Waals surface area contributed by atoms with Gasteiger partial charge >= 0.3 is 5.97 Å². The summed E-state index contributed by atoms with van der Waals surface area (Å²) in [5, 5.41) is 9.28. The number of alkyl halides is 2. The summed E-state index contributed by atoms with van der Waals surface area (Å²) in [6.07, 6.45) is 1.26. The zero-order valence-electron chi connectivity index (χ0n) is 12.1. The van der Waals surface area contributed by atoms with Gasteiger partial charge in [-0.25, -0.2) is 17.2 Å². The van der Waals surface area contributed by atoms with Gasteiger partial charge in [-0.05, 0) is 37.8 Å². The van der Waals surface area contributed by atoms with Gasteiger partial charge < -0.3 is 5.11 Å². The lowest BCUT2D eigenvalue weighted by atomic mass is 9.98. The van der Waals surface area contributed by atoms with Crippen LogP contribution in [0.5, 0.6) is 0 Å². The van der Waals surface area contributed by atoms with Crippen LogP contribution in [0, 0.1) is 5.92 Å². The Hall–Kier alpha value is -1.54. The first-order valence-electron chi connectivity index (χ1n) is 6.72. The Balaban J connectivity index is 2.29. The molecule has 1 fully saturated rings. The number of halogens is 2. The van der Waals surface area contributed by atoms with Gasteiger partial charge in [0.1, 0.15) is 5.54 Å². The fourth-order valence-corrected chi connectivity index (χ4v) is 3.65. The van der Waals surface area contributed by atoms with E-state index in [2.05, 4.69) is 4.72 Å². The molecule has 0 aliphatic heterocycles. The zero-order valence-corrected chi connectivity index (χ0v) is 13.0. The number of carboxylic acid groups (broad SMARTS) is 1. The van der Waals surface area contributed by atoms with E-state index in [0.29, 0.717) is 19.8 Å². The highest BCUT2D eigenvalue weighted by Gasteiger charge is 2.50. The van der Waals surface area contributed by atoms with Crippen molar-refractivity contribution in [3.8, 4) is 0 Å². The molecular weight excluding hydrogens is 316 g/mol. The van der Waals surface area contributed by atoms with Gasteiger partial charge in [-0.2, -0.15) is 4.72 Å². The molecule has 8 heteroatoms. The quantitative estimate of drug-likeness (QED) is 0.837. The molecule has 1 aromatic carbocycles. The third-order valence-corrected chi connectivity index (χ3v) is 5.44. The first-order valence-corrected chi connectivity index (χ1v) is 8.21. The number of hydrogen-bond donors (Lipinski definition) is 2. The van der Waals surface area contributed by atoms with Crippen molar-refractivity contribution in [3.63, 3.8) is 0 Å². The van der Waals surface area contributed by atoms with Crippen molar-refractivity contribution in [2.75, 3.05) is 0 Å². The summed E-state index contributed by atoms with van der Waals surface area (Å²) in [5.41, 5.74) is -1.90. The first-order chi connectivity index (χ1) is 9.97. The summed E-state index contributed by atoms with van der Waals surface area (Å²) in [4.78, 5) is 11.1. The summed E-state index contributed by atoms with van der Waals surface area (Å²) in [5.74, 6) is -4.59. The number of sulfonamides is 1. The smallest absolute Gasteiger partial charge is 0.324 e. The van der Waals surface area contributed by atoms with Gasteiger partial charge in [0.15, 0.2) is 0 Å². The Morgan fingerprint density at radius 3 is 2.09 bits per heavy atom. The van der Waals surface area contributed by atoms with Crippen LogP contribution in [0.25, 0.3) is 0 Å². The largest absolute Gasteiger partial charge is 0.480 e. The van der Waals surface area contributed by atoms with Crippen LogP contribution in [0.4, 0.5) is 8.78 Å². The molecule has 1 aliphatic carbocycles. The van der Waals surface area contributed by atoms with Crippen LogP contribution in [0.1, 0.15) is 32.3 Å². The predicted octanol–water partition coefficient (Wildman–Crippen LogP) is 2.33. The Bertz CT molecular complexity index is 678. The fourth-order valence-electron chi connectivity index (χ4n) is 2.23. The van der Waals surface area contributed by atoms with Crippen LogP contribution in [0.15, 0.2) is 29.2 Å². The predicted molar refractivity (Wildman–Crippen MR) is 75.1 cm³/mol. The number of rotatable bonds is 6. The lowest BCUT2D eigenvalue weighted by Gasteiger charge is -2.25. The highest BCUT2D eigenvalue weighted by Crippen LogP contribution is 2.40. The molecule has 0 amide bonds. The van der Waals surface area contributed by atoms with E-state index in [1.165, 1.54) is 6.92 Å². The number of nitrogens with one attached hydrogen (secondary N) is 1. The molecule has 0 bridgehead atoms. The monoisotopic (exact) mass is 333 g/mol. The SMILES string of the molecule is CC(F)(F)c1ccc(S(=O)(=O)NC(C)(C(=O)O)C2CC2)cc1. The number of aliphatic carboxylic acids is 1. The van der Waals surface area contributed by atoms with Crippen LogP contribution in [-0.2, 0) is 20.7 Å². The second-order valence-corrected chi connectivity index (χ2v) is 7.48. The molecule has 0 saturated heterocycles. The van der Waals surface area contributed by atoms with E-state index in [1.807, 2.05) is 0 Å². The molecular formula is C14H17F2NO4S. The van der Waals surface area contributed by atoms with Crippen molar-refractivity contribution in [1.82, 2.24) is 4.72 Å². The normalized spacial score (nSPS) is 18.7. The molecule has 1 atom stereocenters. The van der Waals surface area contributed by atoms with Gasteiger partial charge in [0, 0.05) is 12.5 Å². The van der Waals surface area contributed by atoms with Crippen LogP contribution in [0.3, 0.4) is 0 Å². The highest BCUT2D eigenvalue weighted by molar-refractivity contribution is 7.89. The third kappa shape index (κ3) is 3.27. The minimum atomic E-state index is -4.11. The lowest BCUT2D eigenvalue weighted by Crippen LogP contribution is -2.53. The van der Waals surface area contributed by atoms with E-state index in [0.717, 1.165) is 24.3 Å². The topological polar surface area (TPSA) is 83.5 Å². The van der Waals surface area contributed by atoms with Crippen LogP contribution in [0.2, 0.25) is 0 Å². The zero-order chi connectivity index (χ0) is 16.8. The summed E-state index contributed by atoms with van der Waals surface area (Å²) < 4.78 is 53.0. The van der Waals surface area contributed by atoms with Gasteiger partial charge in [0.2, 0.25) is 10.0 Å². The fraction of sp³-hybridized carbons (Fsp3) is 0.500.